The summed E-state index contributed by atoms with van der Waals surface area (Å²) in [6, 6.07) is 4.12. The highest BCUT2D eigenvalue weighted by molar-refractivity contribution is 5.87. The number of H-pyrrole nitrogens is 2. The number of phenols is 1. The molecule has 2 heterocycles. The van der Waals surface area contributed by atoms with Crippen molar-refractivity contribution in [1.82, 2.24) is 20.4 Å². The lowest BCUT2D eigenvalue weighted by Crippen LogP contribution is -2.02. The molecule has 0 fully saturated rings. The zero-order valence-electron chi connectivity index (χ0n) is 8.39. The van der Waals surface area contributed by atoms with Crippen molar-refractivity contribution in [2.24, 2.45) is 0 Å². The molecule has 3 rings (SSSR count). The van der Waals surface area contributed by atoms with E-state index in [1.54, 1.807) is 0 Å². The monoisotopic (exact) mass is 230 g/mol. The third-order valence-electron chi connectivity index (χ3n) is 2.47. The number of benzene rings is 1. The summed E-state index contributed by atoms with van der Waals surface area (Å²) in [7, 11) is 0. The molecule has 2 aromatic heterocycles. The van der Waals surface area contributed by atoms with Gasteiger partial charge in [0.05, 0.1) is 10.9 Å². The molecule has 84 valence electrons. The average Bonchev–Trinajstić information content (AvgIpc) is 2.76. The number of aromatic hydroxyl groups is 1. The van der Waals surface area contributed by atoms with Gasteiger partial charge in [-0.3, -0.25) is 9.59 Å². The van der Waals surface area contributed by atoms with Crippen LogP contribution in [0.15, 0.2) is 27.8 Å². The maximum Gasteiger partial charge on any atom is 0.278 e. The molecule has 0 amide bonds. The van der Waals surface area contributed by atoms with Crippen LogP contribution in [-0.4, -0.2) is 25.5 Å². The van der Waals surface area contributed by atoms with Crippen molar-refractivity contribution in [2.75, 3.05) is 0 Å². The summed E-state index contributed by atoms with van der Waals surface area (Å²) in [5.41, 5.74) is -0.736. The Kier molecular flexibility index (Phi) is 1.76. The molecule has 0 atom stereocenters. The first-order chi connectivity index (χ1) is 8.16. The predicted octanol–water partition coefficient (Wildman–Crippen LogP) is -0.135. The highest BCUT2D eigenvalue weighted by Gasteiger charge is 2.09. The van der Waals surface area contributed by atoms with Gasteiger partial charge in [-0.25, -0.2) is 0 Å². The lowest BCUT2D eigenvalue weighted by atomic mass is 10.2. The van der Waals surface area contributed by atoms with Crippen LogP contribution in [-0.2, 0) is 0 Å². The van der Waals surface area contributed by atoms with Crippen molar-refractivity contribution < 1.29 is 5.11 Å². The largest absolute Gasteiger partial charge is 0.508 e. The van der Waals surface area contributed by atoms with E-state index in [4.69, 9.17) is 0 Å². The highest BCUT2D eigenvalue weighted by Crippen LogP contribution is 2.14. The summed E-state index contributed by atoms with van der Waals surface area (Å²) in [6.07, 6.45) is 0. The molecular weight excluding hydrogens is 224 g/mol. The second-order valence-corrected chi connectivity index (χ2v) is 3.53. The molecule has 1 aromatic carbocycles. The van der Waals surface area contributed by atoms with Crippen LogP contribution in [0.3, 0.4) is 0 Å². The highest BCUT2D eigenvalue weighted by atomic mass is 16.3. The summed E-state index contributed by atoms with van der Waals surface area (Å²) in [4.78, 5) is 26.3. The van der Waals surface area contributed by atoms with Gasteiger partial charge in [0, 0.05) is 0 Å². The molecule has 0 aliphatic heterocycles. The molecule has 0 radical (unpaired) electrons. The van der Waals surface area contributed by atoms with E-state index in [0.717, 1.165) is 0 Å². The van der Waals surface area contributed by atoms with Crippen molar-refractivity contribution >= 4 is 21.9 Å². The van der Waals surface area contributed by atoms with Gasteiger partial charge in [0.1, 0.15) is 5.75 Å². The molecule has 17 heavy (non-hydrogen) atoms. The van der Waals surface area contributed by atoms with E-state index >= 15 is 0 Å². The number of hydrogen-bond donors (Lipinski definition) is 3. The zero-order chi connectivity index (χ0) is 12.0. The molecule has 0 unspecified atom stereocenters. The van der Waals surface area contributed by atoms with E-state index in [2.05, 4.69) is 20.4 Å². The van der Waals surface area contributed by atoms with Crippen LogP contribution < -0.4 is 11.0 Å². The smallest absolute Gasteiger partial charge is 0.278 e. The maximum atomic E-state index is 12.1. The van der Waals surface area contributed by atoms with Gasteiger partial charge in [0.25, 0.3) is 5.56 Å². The van der Waals surface area contributed by atoms with Crippen LogP contribution in [0.5, 0.6) is 5.75 Å². The first-order valence-corrected chi connectivity index (χ1v) is 4.76. The Morgan fingerprint density at radius 2 is 1.88 bits per heavy atom. The Balaban J connectivity index is 2.75. The Hall–Kier alpha value is -2.70. The molecule has 3 N–H and O–H groups in total. The van der Waals surface area contributed by atoms with Crippen LogP contribution in [0.25, 0.3) is 21.9 Å². The minimum atomic E-state index is -0.508. The van der Waals surface area contributed by atoms with Crippen LogP contribution in [0.2, 0.25) is 0 Å². The fourth-order valence-corrected chi connectivity index (χ4v) is 1.69. The SMILES string of the molecule is O=c1[nH]c2ccc(O)cc2c(=O)c2n[nH]nc12. The minimum absolute atomic E-state index is 0.0492. The van der Waals surface area contributed by atoms with Gasteiger partial charge in [-0.15, -0.1) is 0 Å². The summed E-state index contributed by atoms with van der Waals surface area (Å²) in [6.45, 7) is 0. The predicted molar refractivity (Wildman–Crippen MR) is 60.0 cm³/mol. The number of aromatic amines is 2. The number of rotatable bonds is 0. The van der Waals surface area contributed by atoms with Gasteiger partial charge in [-0.05, 0) is 18.2 Å². The van der Waals surface area contributed by atoms with Crippen LogP contribution in [0.1, 0.15) is 0 Å². The Morgan fingerprint density at radius 3 is 2.71 bits per heavy atom. The molecule has 3 aromatic rings. The molecule has 0 bridgehead atoms. The van der Waals surface area contributed by atoms with Crippen LogP contribution in [0.4, 0.5) is 0 Å². The number of hydrogen-bond acceptors (Lipinski definition) is 5. The van der Waals surface area contributed by atoms with Crippen molar-refractivity contribution in [3.63, 3.8) is 0 Å². The second kappa shape index (κ2) is 3.14. The van der Waals surface area contributed by atoms with Gasteiger partial charge in [0.2, 0.25) is 5.43 Å². The molecule has 7 nitrogen and oxygen atoms in total. The van der Waals surface area contributed by atoms with E-state index in [9.17, 15) is 14.7 Å². The normalized spacial score (nSPS) is 11.1. The second-order valence-electron chi connectivity index (χ2n) is 3.53. The van der Waals surface area contributed by atoms with Crippen molar-refractivity contribution in [3.05, 3.63) is 38.8 Å². The lowest BCUT2D eigenvalue weighted by Gasteiger charge is -1.92. The zero-order valence-corrected chi connectivity index (χ0v) is 8.39. The number of nitrogens with zero attached hydrogens (tertiary/aromatic N) is 2. The van der Waals surface area contributed by atoms with Gasteiger partial charge in [0.15, 0.2) is 11.0 Å². The first-order valence-electron chi connectivity index (χ1n) is 4.76. The average molecular weight is 230 g/mol. The van der Waals surface area contributed by atoms with E-state index in [1.165, 1.54) is 18.2 Å². The van der Waals surface area contributed by atoms with E-state index in [1.807, 2.05) is 0 Å². The standard InChI is InChI=1S/C10H6N4O3/c15-4-1-2-6-5(3-4)9(16)7-8(10(17)11-6)13-14-12-7/h1-3,15H,(H,11,17)(H,12,13,14). The molecule has 0 aliphatic carbocycles. The summed E-state index contributed by atoms with van der Waals surface area (Å²) >= 11 is 0. The third kappa shape index (κ3) is 1.29. The molecule has 7 heteroatoms. The molecule has 0 aliphatic rings. The number of aromatic nitrogens is 4. The number of phenolic OH excluding ortho intramolecular Hbond substituents is 1. The van der Waals surface area contributed by atoms with Crippen molar-refractivity contribution in [1.29, 1.82) is 0 Å². The van der Waals surface area contributed by atoms with Crippen molar-refractivity contribution in [2.45, 2.75) is 0 Å². The van der Waals surface area contributed by atoms with E-state index in [0.29, 0.717) is 5.52 Å². The topological polar surface area (TPSA) is 112 Å². The molecule has 0 spiro atoms. The number of fused-ring (bicyclic) bond motifs is 2. The van der Waals surface area contributed by atoms with Gasteiger partial charge < -0.3 is 10.1 Å². The molecule has 0 saturated heterocycles. The van der Waals surface area contributed by atoms with Gasteiger partial charge in [-0.2, -0.15) is 15.4 Å². The van der Waals surface area contributed by atoms with Gasteiger partial charge in [-0.1, -0.05) is 0 Å². The summed E-state index contributed by atoms with van der Waals surface area (Å²) in [5, 5.41) is 19.0. The quantitative estimate of drug-likeness (QED) is 0.497. The number of nitrogens with one attached hydrogen (secondary N) is 2. The summed E-state index contributed by atoms with van der Waals surface area (Å²) in [5.74, 6) is -0.0571. The van der Waals surface area contributed by atoms with E-state index in [-0.39, 0.29) is 22.2 Å². The Morgan fingerprint density at radius 1 is 1.12 bits per heavy atom. The molecule has 0 saturated carbocycles. The Labute approximate surface area is 92.7 Å². The minimum Gasteiger partial charge on any atom is -0.508 e. The fraction of sp³-hybridized carbons (Fsp3) is 0. The van der Waals surface area contributed by atoms with Crippen LogP contribution >= 0.6 is 0 Å². The molecular formula is C10H6N4O3. The maximum absolute atomic E-state index is 12.1. The Bertz CT molecular complexity index is 849. The van der Waals surface area contributed by atoms with Crippen molar-refractivity contribution in [3.8, 4) is 5.75 Å². The fourth-order valence-electron chi connectivity index (χ4n) is 1.69. The lowest BCUT2D eigenvalue weighted by molar-refractivity contribution is 0.476. The van der Waals surface area contributed by atoms with E-state index < -0.39 is 11.0 Å². The summed E-state index contributed by atoms with van der Waals surface area (Å²) < 4.78 is 0. The van der Waals surface area contributed by atoms with Gasteiger partial charge >= 0.3 is 0 Å². The first kappa shape index (κ1) is 9.52. The van der Waals surface area contributed by atoms with Crippen LogP contribution in [0, 0.1) is 0 Å². The third-order valence-corrected chi connectivity index (χ3v) is 2.47.